The largest absolute Gasteiger partial charge is 0.384 e. The molecule has 0 aromatic carbocycles. The Balaban J connectivity index is 2.68. The Morgan fingerprint density at radius 1 is 1.82 bits per heavy atom. The molecule has 0 saturated carbocycles. The van der Waals surface area contributed by atoms with E-state index in [4.69, 9.17) is 11.6 Å². The van der Waals surface area contributed by atoms with Crippen LogP contribution in [0.25, 0.3) is 0 Å². The molecular weight excluding hydrogens is 164 g/mol. The minimum absolute atomic E-state index is 0.161. The second-order valence-corrected chi connectivity index (χ2v) is 2.64. The van der Waals surface area contributed by atoms with Crippen LogP contribution >= 0.6 is 11.6 Å². The monoisotopic (exact) mass is 174 g/mol. The summed E-state index contributed by atoms with van der Waals surface area (Å²) in [6.07, 6.45) is 2.32. The van der Waals surface area contributed by atoms with Crippen LogP contribution in [0.3, 0.4) is 0 Å². The van der Waals surface area contributed by atoms with Crippen molar-refractivity contribution in [1.29, 1.82) is 0 Å². The smallest absolute Gasteiger partial charge is 0.181 e. The lowest BCUT2D eigenvalue weighted by molar-refractivity contribution is -0.116. The first kappa shape index (κ1) is 8.40. The molecule has 62 valence electrons. The molecule has 3 nitrogen and oxygen atoms in total. The van der Waals surface area contributed by atoms with Gasteiger partial charge in [-0.1, -0.05) is 0 Å². The lowest BCUT2D eigenvalue weighted by Crippen LogP contribution is -2.30. The van der Waals surface area contributed by atoms with Crippen molar-refractivity contribution in [3.63, 3.8) is 0 Å². The summed E-state index contributed by atoms with van der Waals surface area (Å²) in [5.41, 5.74) is 0.650. The Bertz CT molecular complexity index is 191. The van der Waals surface area contributed by atoms with Crippen molar-refractivity contribution in [2.24, 2.45) is 0 Å². The number of hydrogen-bond acceptors (Lipinski definition) is 3. The first-order valence-electron chi connectivity index (χ1n) is 3.50. The molecule has 1 rings (SSSR count). The fraction of sp³-hybridized carbons (Fsp3) is 0.571. The van der Waals surface area contributed by atoms with Crippen LogP contribution in [-0.2, 0) is 4.79 Å². The maximum absolute atomic E-state index is 11.1. The van der Waals surface area contributed by atoms with E-state index in [-0.39, 0.29) is 5.78 Å². The number of rotatable bonds is 2. The summed E-state index contributed by atoms with van der Waals surface area (Å²) in [5.74, 6) is 0.161. The molecule has 0 spiro atoms. The molecule has 0 bridgehead atoms. The third-order valence-electron chi connectivity index (χ3n) is 1.66. The topological polar surface area (TPSA) is 32.3 Å². The van der Waals surface area contributed by atoms with Gasteiger partial charge in [0.25, 0.3) is 0 Å². The number of ketones is 1. The number of carbonyl (C=O) groups excluding carboxylic acids is 1. The lowest BCUT2D eigenvalue weighted by atomic mass is 10.1. The lowest BCUT2D eigenvalue weighted by Gasteiger charge is -2.22. The van der Waals surface area contributed by atoms with Gasteiger partial charge in [-0.15, -0.1) is 11.6 Å². The van der Waals surface area contributed by atoms with Gasteiger partial charge in [-0.3, -0.25) is 4.79 Å². The van der Waals surface area contributed by atoms with Crippen LogP contribution < -0.4 is 5.32 Å². The predicted molar refractivity (Wildman–Crippen MR) is 44.2 cm³/mol. The fourth-order valence-corrected chi connectivity index (χ4v) is 1.19. The van der Waals surface area contributed by atoms with Crippen LogP contribution in [0.5, 0.6) is 0 Å². The molecule has 0 atom stereocenters. The molecule has 1 aliphatic rings. The van der Waals surface area contributed by atoms with E-state index in [0.29, 0.717) is 18.1 Å². The van der Waals surface area contributed by atoms with E-state index >= 15 is 0 Å². The first-order valence-corrected chi connectivity index (χ1v) is 4.04. The Morgan fingerprint density at radius 2 is 2.55 bits per heavy atom. The summed E-state index contributed by atoms with van der Waals surface area (Å²) in [6.45, 7) is 0.730. The number of carbonyl (C=O) groups is 1. The van der Waals surface area contributed by atoms with Crippen LogP contribution in [0, 0.1) is 0 Å². The van der Waals surface area contributed by atoms with Gasteiger partial charge in [0.2, 0.25) is 0 Å². The minimum Gasteiger partial charge on any atom is -0.384 e. The van der Waals surface area contributed by atoms with Crippen molar-refractivity contribution in [2.45, 2.75) is 6.42 Å². The molecule has 11 heavy (non-hydrogen) atoms. The van der Waals surface area contributed by atoms with E-state index in [1.54, 1.807) is 13.2 Å². The molecule has 4 heteroatoms. The highest BCUT2D eigenvalue weighted by Crippen LogP contribution is 2.08. The van der Waals surface area contributed by atoms with E-state index in [9.17, 15) is 4.79 Å². The summed E-state index contributed by atoms with van der Waals surface area (Å²) >= 11 is 5.59. The first-order chi connectivity index (χ1) is 5.27. The van der Waals surface area contributed by atoms with Gasteiger partial charge in [0, 0.05) is 26.2 Å². The van der Waals surface area contributed by atoms with Crippen molar-refractivity contribution in [3.8, 4) is 0 Å². The summed E-state index contributed by atoms with van der Waals surface area (Å²) in [4.78, 5) is 13.0. The van der Waals surface area contributed by atoms with E-state index < -0.39 is 0 Å². The second kappa shape index (κ2) is 3.62. The number of nitrogens with zero attached hydrogens (tertiary/aromatic N) is 1. The maximum Gasteiger partial charge on any atom is 0.181 e. The van der Waals surface area contributed by atoms with Crippen molar-refractivity contribution in [1.82, 2.24) is 10.2 Å². The number of allylic oxidation sites excluding steroid dienone is 1. The van der Waals surface area contributed by atoms with Crippen molar-refractivity contribution in [3.05, 3.63) is 11.9 Å². The maximum atomic E-state index is 11.1. The fourth-order valence-electron chi connectivity index (χ4n) is 0.997. The zero-order valence-corrected chi connectivity index (χ0v) is 7.19. The molecule has 0 aromatic rings. The van der Waals surface area contributed by atoms with Crippen LogP contribution in [0.15, 0.2) is 11.9 Å². The summed E-state index contributed by atoms with van der Waals surface area (Å²) < 4.78 is 0. The third kappa shape index (κ3) is 1.87. The van der Waals surface area contributed by atoms with Crippen LogP contribution in [-0.4, -0.2) is 30.3 Å². The van der Waals surface area contributed by atoms with E-state index in [2.05, 4.69) is 5.32 Å². The van der Waals surface area contributed by atoms with Crippen LogP contribution in [0.4, 0.5) is 0 Å². The number of nitrogens with one attached hydrogen (secondary N) is 1. The number of halogens is 1. The zero-order valence-electron chi connectivity index (χ0n) is 6.43. The normalized spacial score (nSPS) is 18.2. The number of hydrogen-bond donors (Lipinski definition) is 1. The molecule has 0 saturated heterocycles. The van der Waals surface area contributed by atoms with Crippen molar-refractivity contribution in [2.75, 3.05) is 19.6 Å². The summed E-state index contributed by atoms with van der Waals surface area (Å²) in [6, 6.07) is 0.443. The van der Waals surface area contributed by atoms with Gasteiger partial charge in [-0.25, -0.2) is 0 Å². The Morgan fingerprint density at radius 3 is 3.09 bits per heavy atom. The Labute approximate surface area is 71.0 Å². The molecule has 0 aliphatic carbocycles. The number of Topliss-reactive ketones (excluding diaryl/α,β-unsaturated/α-hetero) is 1. The summed E-state index contributed by atoms with van der Waals surface area (Å²) in [7, 11) is 1.74. The zero-order chi connectivity index (χ0) is 8.27. The average molecular weight is 175 g/mol. The van der Waals surface area contributed by atoms with Crippen molar-refractivity contribution >= 4 is 17.4 Å². The van der Waals surface area contributed by atoms with Gasteiger partial charge in [0.1, 0.15) is 0 Å². The number of likely N-dealkylation sites (N-methyl/N-ethyl adjacent to an activating group) is 1. The highest BCUT2D eigenvalue weighted by Gasteiger charge is 2.15. The van der Waals surface area contributed by atoms with Gasteiger partial charge in [-0.2, -0.15) is 0 Å². The molecule has 0 radical (unpaired) electrons. The molecule has 0 aromatic heterocycles. The van der Waals surface area contributed by atoms with E-state index in [1.165, 1.54) is 0 Å². The molecular formula is C7H11ClN2O. The molecule has 1 heterocycles. The van der Waals surface area contributed by atoms with Gasteiger partial charge >= 0.3 is 0 Å². The van der Waals surface area contributed by atoms with Crippen molar-refractivity contribution < 1.29 is 4.79 Å². The summed E-state index contributed by atoms with van der Waals surface area (Å²) in [5, 5.41) is 2.83. The highest BCUT2D eigenvalue weighted by atomic mass is 35.5. The third-order valence-corrected chi connectivity index (χ3v) is 1.97. The van der Waals surface area contributed by atoms with Gasteiger partial charge in [-0.05, 0) is 0 Å². The van der Waals surface area contributed by atoms with Crippen LogP contribution in [0.2, 0.25) is 0 Å². The molecule has 0 amide bonds. The highest BCUT2D eigenvalue weighted by molar-refractivity contribution is 6.17. The quantitative estimate of drug-likeness (QED) is 0.490. The molecule has 0 unspecified atom stereocenters. The van der Waals surface area contributed by atoms with Gasteiger partial charge in [0.05, 0.1) is 11.7 Å². The Kier molecular flexibility index (Phi) is 2.76. The molecule has 1 aliphatic heterocycles. The second-order valence-electron chi connectivity index (χ2n) is 2.40. The van der Waals surface area contributed by atoms with Crippen LogP contribution in [0.1, 0.15) is 6.42 Å². The number of alkyl halides is 1. The molecule has 0 fully saturated rings. The standard InChI is InChI=1S/C7H11ClN2O/c1-9-6-4-10(5-8)3-2-7(6)11/h4,9H,2-3,5H2,1H3. The SMILES string of the molecule is CNC1=CN(CCl)CCC1=O. The Hall–Kier alpha value is -0.700. The molecule has 1 N–H and O–H groups in total. The van der Waals surface area contributed by atoms with Gasteiger partial charge in [0.15, 0.2) is 5.78 Å². The average Bonchev–Trinajstić information content (AvgIpc) is 2.05. The van der Waals surface area contributed by atoms with Gasteiger partial charge < -0.3 is 10.2 Å². The van der Waals surface area contributed by atoms with E-state index in [1.807, 2.05) is 4.90 Å². The predicted octanol–water partition coefficient (Wildman–Crippen LogP) is 0.518. The van der Waals surface area contributed by atoms with E-state index in [0.717, 1.165) is 6.54 Å². The minimum atomic E-state index is 0.161.